The van der Waals surface area contributed by atoms with Crippen LogP contribution in [0.3, 0.4) is 0 Å². The molecule has 2 N–H and O–H groups in total. The van der Waals surface area contributed by atoms with Gasteiger partial charge in [0.15, 0.2) is 9.84 Å². The van der Waals surface area contributed by atoms with Gasteiger partial charge in [-0.2, -0.15) is 0 Å². The van der Waals surface area contributed by atoms with Crippen molar-refractivity contribution in [3.05, 3.63) is 21.7 Å². The van der Waals surface area contributed by atoms with E-state index in [-0.39, 0.29) is 21.1 Å². The number of fused-ring (bicyclic) bond motifs is 1. The van der Waals surface area contributed by atoms with Gasteiger partial charge in [0.25, 0.3) is 21.0 Å². The third kappa shape index (κ3) is 5.63. The van der Waals surface area contributed by atoms with Crippen LogP contribution in [0.5, 0.6) is 0 Å². The second-order valence-electron chi connectivity index (χ2n) is 6.15. The molecule has 0 aromatic carbocycles. The molecule has 0 spiro atoms. The molecule has 0 radical (unpaired) electrons. The maximum absolute atomic E-state index is 12.6. The Morgan fingerprint density at radius 1 is 1.41 bits per heavy atom. The van der Waals surface area contributed by atoms with Gasteiger partial charge in [0.1, 0.15) is 21.6 Å². The maximum Gasteiger partial charge on any atom is 0.294 e. The van der Waals surface area contributed by atoms with E-state index in [1.54, 1.807) is 11.6 Å². The van der Waals surface area contributed by atoms with Gasteiger partial charge in [-0.1, -0.05) is 6.92 Å². The smallest absolute Gasteiger partial charge is 0.294 e. The second-order valence-corrected chi connectivity index (χ2v) is 11.7. The first kappa shape index (κ1) is 23.5. The number of nitrogens with one attached hydrogen (secondary N) is 2. The average molecular weight is 472 g/mol. The van der Waals surface area contributed by atoms with Gasteiger partial charge in [-0.15, -0.1) is 21.5 Å². The molecule has 29 heavy (non-hydrogen) atoms. The summed E-state index contributed by atoms with van der Waals surface area (Å²) < 4.78 is 56.4. The molecule has 164 valence electrons. The Labute approximate surface area is 171 Å². The summed E-state index contributed by atoms with van der Waals surface area (Å²) >= 11 is 0.593. The quantitative estimate of drug-likeness (QED) is 0.269. The highest BCUT2D eigenvalue weighted by atomic mass is 32.3. The molecule has 0 aliphatic carbocycles. The Hall–Kier alpha value is -1.81. The molecule has 1 amide bonds. The molecule has 2 heterocycles. The molecule has 12 nitrogen and oxygen atoms in total. The minimum Gasteiger partial charge on any atom is -0.370 e. The highest BCUT2D eigenvalue weighted by molar-refractivity contribution is 7.95. The minimum atomic E-state index is -4.31. The van der Waals surface area contributed by atoms with Gasteiger partial charge in [-0.05, 0) is 26.0 Å². The van der Waals surface area contributed by atoms with Crippen molar-refractivity contribution in [2.24, 2.45) is 0 Å². The highest BCUT2D eigenvalue weighted by Crippen LogP contribution is 2.42. The fourth-order valence-corrected chi connectivity index (χ4v) is 7.71. The summed E-state index contributed by atoms with van der Waals surface area (Å²) in [6, 6.07) is 0.951. The van der Waals surface area contributed by atoms with E-state index >= 15 is 0 Å². The molecule has 2 atom stereocenters. The van der Waals surface area contributed by atoms with Gasteiger partial charge in [-0.3, -0.25) is 4.79 Å². The molecule has 0 saturated carbocycles. The van der Waals surface area contributed by atoms with Gasteiger partial charge in [0, 0.05) is 11.6 Å². The van der Waals surface area contributed by atoms with Crippen molar-refractivity contribution in [2.75, 3.05) is 26.4 Å². The molecule has 1 unspecified atom stereocenters. The largest absolute Gasteiger partial charge is 0.370 e. The highest BCUT2D eigenvalue weighted by Gasteiger charge is 2.39. The molecule has 1 aromatic heterocycles. The van der Waals surface area contributed by atoms with Crippen LogP contribution in [0.4, 0.5) is 0 Å². The van der Waals surface area contributed by atoms with E-state index in [0.717, 1.165) is 0 Å². The summed E-state index contributed by atoms with van der Waals surface area (Å²) in [7, 11) is -7.97. The number of sulfonamides is 1. The Balaban J connectivity index is 2.12. The van der Waals surface area contributed by atoms with Crippen LogP contribution >= 0.6 is 11.3 Å². The number of rotatable bonds is 10. The lowest BCUT2D eigenvalue weighted by molar-refractivity contribution is -0.758. The Morgan fingerprint density at radius 3 is 2.72 bits per heavy atom. The van der Waals surface area contributed by atoms with Crippen molar-refractivity contribution in [1.29, 1.82) is 0 Å². The molecule has 0 saturated heterocycles. The Morgan fingerprint density at radius 2 is 2.10 bits per heavy atom. The van der Waals surface area contributed by atoms with Crippen LogP contribution in [0.25, 0.3) is 0 Å². The van der Waals surface area contributed by atoms with E-state index in [9.17, 15) is 31.7 Å². The van der Waals surface area contributed by atoms with E-state index in [2.05, 4.69) is 10.2 Å². The molecular formula is C14H21N3O9S3. The van der Waals surface area contributed by atoms with Gasteiger partial charge in [0.2, 0.25) is 0 Å². The summed E-state index contributed by atoms with van der Waals surface area (Å²) in [4.78, 5) is 25.8. The lowest BCUT2D eigenvalue weighted by Crippen LogP contribution is -2.33. The van der Waals surface area contributed by atoms with Crippen molar-refractivity contribution in [2.45, 2.75) is 40.0 Å². The van der Waals surface area contributed by atoms with Crippen LogP contribution in [0.1, 0.15) is 31.9 Å². The van der Waals surface area contributed by atoms with E-state index in [0.29, 0.717) is 29.9 Å². The van der Waals surface area contributed by atoms with Crippen LogP contribution in [0, 0.1) is 10.1 Å². The summed E-state index contributed by atoms with van der Waals surface area (Å²) in [6.07, 6.45) is 0.311. The van der Waals surface area contributed by atoms with E-state index in [1.807, 2.05) is 6.92 Å². The zero-order chi connectivity index (χ0) is 21.8. The molecule has 0 fully saturated rings. The lowest BCUT2D eigenvalue weighted by atomic mass is 10.1. The van der Waals surface area contributed by atoms with E-state index in [4.69, 9.17) is 4.74 Å². The van der Waals surface area contributed by atoms with Crippen LogP contribution in [0.15, 0.2) is 14.5 Å². The standard InChI is InChI=1S/C14H21N3O9S3/c1-3-15-11-6-9(2)28(21,22)14-10(11)7-13(27-14)29(23,24)16-12(18)8-25-4-5-26-17(19)20/h7,9,11,15H,3-6,8H2,1-2H3,(H,16,18)/t9?,11-/m0/s1. The predicted octanol–water partition coefficient (Wildman–Crippen LogP) is -0.00560. The number of ether oxygens (including phenoxy) is 1. The summed E-state index contributed by atoms with van der Waals surface area (Å²) in [5.74, 6) is -1.00. The molecule has 1 aromatic rings. The van der Waals surface area contributed by atoms with Crippen molar-refractivity contribution in [1.82, 2.24) is 10.0 Å². The van der Waals surface area contributed by atoms with Gasteiger partial charge in [-0.25, -0.2) is 21.6 Å². The number of hydrogen-bond donors (Lipinski definition) is 2. The Kier molecular flexibility index (Phi) is 7.56. The number of thiophene rings is 1. The number of nitrogens with zero attached hydrogens (tertiary/aromatic N) is 1. The summed E-state index contributed by atoms with van der Waals surface area (Å²) in [5, 5.41) is 11.4. The normalized spacial score (nSPS) is 20.6. The summed E-state index contributed by atoms with van der Waals surface area (Å²) in [5.41, 5.74) is 0.371. The van der Waals surface area contributed by atoms with Crippen molar-refractivity contribution in [3.8, 4) is 0 Å². The minimum absolute atomic E-state index is 0.0248. The van der Waals surface area contributed by atoms with E-state index < -0.39 is 49.3 Å². The maximum atomic E-state index is 12.6. The van der Waals surface area contributed by atoms with Gasteiger partial charge < -0.3 is 14.9 Å². The second kappa shape index (κ2) is 9.34. The van der Waals surface area contributed by atoms with E-state index in [1.165, 1.54) is 6.07 Å². The van der Waals surface area contributed by atoms with Crippen LogP contribution in [0.2, 0.25) is 0 Å². The molecule has 15 heteroatoms. The zero-order valence-electron chi connectivity index (χ0n) is 15.6. The number of carbonyl (C=O) groups is 1. The topological polar surface area (TPSA) is 171 Å². The van der Waals surface area contributed by atoms with Crippen LogP contribution in [-0.4, -0.2) is 59.4 Å². The molecular weight excluding hydrogens is 450 g/mol. The van der Waals surface area contributed by atoms with Crippen molar-refractivity contribution in [3.63, 3.8) is 0 Å². The first-order chi connectivity index (χ1) is 13.5. The molecule has 0 bridgehead atoms. The lowest BCUT2D eigenvalue weighted by Gasteiger charge is -2.27. The third-order valence-corrected chi connectivity index (χ3v) is 9.80. The van der Waals surface area contributed by atoms with Gasteiger partial charge in [0.05, 0.1) is 11.9 Å². The van der Waals surface area contributed by atoms with Crippen LogP contribution in [-0.2, 0) is 34.2 Å². The number of hydrogen-bond acceptors (Lipinski definition) is 11. The predicted molar refractivity (Wildman–Crippen MR) is 101 cm³/mol. The number of amides is 1. The third-order valence-electron chi connectivity index (χ3n) is 4.05. The fraction of sp³-hybridized carbons (Fsp3) is 0.643. The molecule has 1 aliphatic rings. The first-order valence-electron chi connectivity index (χ1n) is 8.50. The first-order valence-corrected chi connectivity index (χ1v) is 12.3. The number of sulfone groups is 1. The fourth-order valence-electron chi connectivity index (χ4n) is 2.74. The molecule has 2 rings (SSSR count). The summed E-state index contributed by atoms with van der Waals surface area (Å²) in [6.45, 7) is 2.63. The zero-order valence-corrected chi connectivity index (χ0v) is 18.1. The van der Waals surface area contributed by atoms with Crippen molar-refractivity contribution < 1.29 is 36.3 Å². The van der Waals surface area contributed by atoms with Gasteiger partial charge >= 0.3 is 0 Å². The molecule has 1 aliphatic heterocycles. The van der Waals surface area contributed by atoms with Crippen molar-refractivity contribution >= 4 is 37.1 Å². The number of carbonyl (C=O) groups excluding carboxylic acids is 1. The van der Waals surface area contributed by atoms with Crippen LogP contribution < -0.4 is 10.0 Å². The monoisotopic (exact) mass is 471 g/mol. The average Bonchev–Trinajstić information content (AvgIpc) is 3.07. The SMILES string of the molecule is CCN[C@H]1CC(C)S(=O)(=O)c2sc(S(=O)(=O)NC(=O)COCCO[N+](=O)[O-])cc21. The Bertz CT molecular complexity index is 972.